The zero-order valence-electron chi connectivity index (χ0n) is 21.4. The quantitative estimate of drug-likeness (QED) is 0.203. The summed E-state index contributed by atoms with van der Waals surface area (Å²) in [5, 5.41) is 0.947. The lowest BCUT2D eigenvalue weighted by Crippen LogP contribution is -2.33. The Balaban J connectivity index is 1.18. The lowest BCUT2D eigenvalue weighted by atomic mass is 9.97. The van der Waals surface area contributed by atoms with Gasteiger partial charge in [-0.15, -0.1) is 11.3 Å². The molecule has 0 unspecified atom stereocenters. The highest BCUT2D eigenvalue weighted by Crippen LogP contribution is 2.41. The standard InChI is InChI=1S/C33H29NO3S/c1-36-28-15-16-29-30(21-28)38-33(25-8-3-2-4-9-25)31(29)32(35)24-11-13-27(14-12-24)37-20-19-34-18-17-23-7-5-6-10-26(23)22-34/h2-16,21H,17-20,22H2,1H3. The largest absolute Gasteiger partial charge is 0.497 e. The third-order valence-corrected chi connectivity index (χ3v) is 8.36. The van der Waals surface area contributed by atoms with Crippen LogP contribution in [0.25, 0.3) is 20.5 Å². The molecular formula is C33H29NO3S. The number of nitrogens with zero attached hydrogens (tertiary/aromatic N) is 1. The van der Waals surface area contributed by atoms with E-state index in [1.54, 1.807) is 18.4 Å². The van der Waals surface area contributed by atoms with Gasteiger partial charge in [0.2, 0.25) is 0 Å². The summed E-state index contributed by atoms with van der Waals surface area (Å²) in [5.74, 6) is 1.58. The van der Waals surface area contributed by atoms with Gasteiger partial charge in [-0.1, -0.05) is 54.6 Å². The van der Waals surface area contributed by atoms with Crippen molar-refractivity contribution in [1.82, 2.24) is 4.90 Å². The summed E-state index contributed by atoms with van der Waals surface area (Å²) in [6, 6.07) is 32.2. The number of hydrogen-bond acceptors (Lipinski definition) is 5. The number of carbonyl (C=O) groups excluding carboxylic acids is 1. The molecular weight excluding hydrogens is 490 g/mol. The molecule has 190 valence electrons. The van der Waals surface area contributed by atoms with E-state index in [0.29, 0.717) is 12.2 Å². The molecule has 0 aliphatic carbocycles. The van der Waals surface area contributed by atoms with Gasteiger partial charge in [-0.25, -0.2) is 0 Å². The first kappa shape index (κ1) is 24.4. The summed E-state index contributed by atoms with van der Waals surface area (Å²) in [7, 11) is 1.66. The fraction of sp³-hybridized carbons (Fsp3) is 0.182. The van der Waals surface area contributed by atoms with Crippen LogP contribution in [0.15, 0.2) is 97.1 Å². The number of hydrogen-bond donors (Lipinski definition) is 0. The van der Waals surface area contributed by atoms with Gasteiger partial charge in [0.15, 0.2) is 5.78 Å². The first-order chi connectivity index (χ1) is 18.7. The minimum absolute atomic E-state index is 0.0128. The van der Waals surface area contributed by atoms with Gasteiger partial charge in [0.05, 0.1) is 7.11 Å². The number of carbonyl (C=O) groups is 1. The monoisotopic (exact) mass is 519 g/mol. The minimum atomic E-state index is 0.0128. The van der Waals surface area contributed by atoms with E-state index in [1.807, 2.05) is 60.7 Å². The second-order valence-corrected chi connectivity index (χ2v) is 10.6. The Morgan fingerprint density at radius 3 is 2.39 bits per heavy atom. The Bertz CT molecular complexity index is 1570. The molecule has 38 heavy (non-hydrogen) atoms. The van der Waals surface area contributed by atoms with Crippen LogP contribution in [0.2, 0.25) is 0 Å². The fourth-order valence-corrected chi connectivity index (χ4v) is 6.34. The van der Waals surface area contributed by atoms with Crippen molar-refractivity contribution in [1.29, 1.82) is 0 Å². The predicted octanol–water partition coefficient (Wildman–Crippen LogP) is 7.25. The molecule has 6 rings (SSSR count). The fourth-order valence-electron chi connectivity index (χ4n) is 5.11. The molecule has 0 N–H and O–H groups in total. The van der Waals surface area contributed by atoms with Crippen molar-refractivity contribution >= 4 is 27.2 Å². The van der Waals surface area contributed by atoms with Crippen molar-refractivity contribution in [2.75, 3.05) is 26.8 Å². The molecule has 0 radical (unpaired) electrons. The highest BCUT2D eigenvalue weighted by atomic mass is 32.1. The van der Waals surface area contributed by atoms with E-state index in [9.17, 15) is 4.79 Å². The number of rotatable bonds is 8. The molecule has 0 saturated carbocycles. The summed E-state index contributed by atoms with van der Waals surface area (Å²) >= 11 is 1.62. The highest BCUT2D eigenvalue weighted by Gasteiger charge is 2.22. The van der Waals surface area contributed by atoms with Crippen LogP contribution in [0.5, 0.6) is 11.5 Å². The molecule has 5 aromatic rings. The molecule has 4 aromatic carbocycles. The van der Waals surface area contributed by atoms with Crippen LogP contribution in [0.4, 0.5) is 0 Å². The average molecular weight is 520 g/mol. The van der Waals surface area contributed by atoms with E-state index < -0.39 is 0 Å². The molecule has 0 saturated heterocycles. The minimum Gasteiger partial charge on any atom is -0.497 e. The van der Waals surface area contributed by atoms with Gasteiger partial charge in [0.1, 0.15) is 18.1 Å². The molecule has 2 heterocycles. The second kappa shape index (κ2) is 10.8. The SMILES string of the molecule is COc1ccc2c(C(=O)c3ccc(OCCN4CCc5ccccc5C4)cc3)c(-c3ccccc3)sc2c1. The van der Waals surface area contributed by atoms with Gasteiger partial charge < -0.3 is 9.47 Å². The van der Waals surface area contributed by atoms with Crippen molar-refractivity contribution < 1.29 is 14.3 Å². The van der Waals surface area contributed by atoms with E-state index in [-0.39, 0.29) is 5.78 Å². The van der Waals surface area contributed by atoms with Gasteiger partial charge in [0.25, 0.3) is 0 Å². The summed E-state index contributed by atoms with van der Waals surface area (Å²) < 4.78 is 12.5. The van der Waals surface area contributed by atoms with Crippen LogP contribution in [0.3, 0.4) is 0 Å². The molecule has 1 aliphatic rings. The zero-order valence-corrected chi connectivity index (χ0v) is 22.2. The van der Waals surface area contributed by atoms with Crippen LogP contribution < -0.4 is 9.47 Å². The topological polar surface area (TPSA) is 38.8 Å². The average Bonchev–Trinajstić information content (AvgIpc) is 3.36. The van der Waals surface area contributed by atoms with Crippen molar-refractivity contribution in [3.05, 3.63) is 119 Å². The van der Waals surface area contributed by atoms with E-state index in [0.717, 1.165) is 63.6 Å². The van der Waals surface area contributed by atoms with Crippen LogP contribution in [0.1, 0.15) is 27.0 Å². The molecule has 0 bridgehead atoms. The Labute approximate surface area is 227 Å². The zero-order chi connectivity index (χ0) is 25.9. The maximum atomic E-state index is 13.8. The lowest BCUT2D eigenvalue weighted by Gasteiger charge is -2.28. The smallest absolute Gasteiger partial charge is 0.195 e. The summed E-state index contributed by atoms with van der Waals surface area (Å²) in [4.78, 5) is 17.2. The number of ketones is 1. The molecule has 0 atom stereocenters. The molecule has 0 spiro atoms. The highest BCUT2D eigenvalue weighted by molar-refractivity contribution is 7.22. The Morgan fingerprint density at radius 2 is 1.61 bits per heavy atom. The molecule has 0 amide bonds. The number of fused-ring (bicyclic) bond motifs is 2. The van der Waals surface area contributed by atoms with E-state index >= 15 is 0 Å². The molecule has 0 fully saturated rings. The number of benzene rings is 4. The third kappa shape index (κ3) is 4.95. The van der Waals surface area contributed by atoms with Crippen LogP contribution in [0, 0.1) is 0 Å². The maximum Gasteiger partial charge on any atom is 0.195 e. The van der Waals surface area contributed by atoms with Gasteiger partial charge >= 0.3 is 0 Å². The van der Waals surface area contributed by atoms with Crippen LogP contribution >= 0.6 is 11.3 Å². The number of ether oxygens (including phenoxy) is 2. The Kier molecular flexibility index (Phi) is 6.95. The molecule has 5 heteroatoms. The third-order valence-electron chi connectivity index (χ3n) is 7.16. The van der Waals surface area contributed by atoms with Crippen molar-refractivity contribution in [3.63, 3.8) is 0 Å². The first-order valence-electron chi connectivity index (χ1n) is 12.9. The van der Waals surface area contributed by atoms with Gasteiger partial charge in [-0.2, -0.15) is 0 Å². The predicted molar refractivity (Wildman–Crippen MR) is 155 cm³/mol. The normalized spacial score (nSPS) is 13.3. The van der Waals surface area contributed by atoms with Crippen molar-refractivity contribution in [3.8, 4) is 21.9 Å². The Hall–Kier alpha value is -3.93. The van der Waals surface area contributed by atoms with Crippen molar-refractivity contribution in [2.45, 2.75) is 13.0 Å². The van der Waals surface area contributed by atoms with Gasteiger partial charge in [-0.3, -0.25) is 9.69 Å². The van der Waals surface area contributed by atoms with Crippen LogP contribution in [-0.2, 0) is 13.0 Å². The van der Waals surface area contributed by atoms with Gasteiger partial charge in [0, 0.05) is 45.7 Å². The number of methoxy groups -OCH3 is 1. The first-order valence-corrected chi connectivity index (χ1v) is 13.7. The summed E-state index contributed by atoms with van der Waals surface area (Å²) in [5.41, 5.74) is 5.29. The second-order valence-electron chi connectivity index (χ2n) is 9.53. The molecule has 1 aromatic heterocycles. The van der Waals surface area contributed by atoms with E-state index in [4.69, 9.17) is 9.47 Å². The summed E-state index contributed by atoms with van der Waals surface area (Å²) in [6.45, 7) is 3.51. The van der Waals surface area contributed by atoms with Crippen LogP contribution in [-0.4, -0.2) is 37.5 Å². The van der Waals surface area contributed by atoms with E-state index in [2.05, 4.69) is 41.3 Å². The summed E-state index contributed by atoms with van der Waals surface area (Å²) in [6.07, 6.45) is 1.09. The number of thiophene rings is 1. The molecule has 4 nitrogen and oxygen atoms in total. The Morgan fingerprint density at radius 1 is 0.868 bits per heavy atom. The van der Waals surface area contributed by atoms with E-state index in [1.165, 1.54) is 11.1 Å². The maximum absolute atomic E-state index is 13.8. The molecule has 1 aliphatic heterocycles. The van der Waals surface area contributed by atoms with Crippen molar-refractivity contribution in [2.24, 2.45) is 0 Å². The van der Waals surface area contributed by atoms with Gasteiger partial charge in [-0.05, 0) is 65.6 Å². The lowest BCUT2D eigenvalue weighted by molar-refractivity contribution is 0.104.